The van der Waals surface area contributed by atoms with Crippen LogP contribution in [0.5, 0.6) is 0 Å². The quantitative estimate of drug-likeness (QED) is 0.864. The molecule has 0 saturated heterocycles. The molecule has 0 saturated carbocycles. The van der Waals surface area contributed by atoms with Gasteiger partial charge in [-0.3, -0.25) is 4.79 Å². The van der Waals surface area contributed by atoms with Gasteiger partial charge in [0.15, 0.2) is 0 Å². The van der Waals surface area contributed by atoms with Crippen molar-refractivity contribution in [2.24, 2.45) is 5.92 Å². The number of benzene rings is 1. The Hall–Kier alpha value is -1.35. The van der Waals surface area contributed by atoms with E-state index in [4.69, 9.17) is 0 Å². The maximum Gasteiger partial charge on any atom is 0.241 e. The monoisotopic (exact) mass is 274 g/mol. The molecule has 0 fully saturated rings. The SMILES string of the molecule is CC(C)CCC(C)NC1CCc2ccccc2NC1=O. The fourth-order valence-electron chi connectivity index (χ4n) is 2.68. The Balaban J connectivity index is 1.93. The minimum absolute atomic E-state index is 0.0791. The third-order valence-corrected chi connectivity index (χ3v) is 3.96. The summed E-state index contributed by atoms with van der Waals surface area (Å²) in [5.74, 6) is 0.817. The number of para-hydroxylation sites is 1. The van der Waals surface area contributed by atoms with Crippen molar-refractivity contribution in [2.45, 2.75) is 58.5 Å². The minimum Gasteiger partial charge on any atom is -0.324 e. The number of hydrogen-bond acceptors (Lipinski definition) is 2. The molecule has 1 aliphatic heterocycles. The molecule has 2 N–H and O–H groups in total. The van der Waals surface area contributed by atoms with Gasteiger partial charge in [-0.15, -0.1) is 0 Å². The van der Waals surface area contributed by atoms with Crippen molar-refractivity contribution in [1.29, 1.82) is 0 Å². The molecule has 0 bridgehead atoms. The highest BCUT2D eigenvalue weighted by Crippen LogP contribution is 2.22. The van der Waals surface area contributed by atoms with Gasteiger partial charge in [0, 0.05) is 11.7 Å². The van der Waals surface area contributed by atoms with Crippen molar-refractivity contribution in [2.75, 3.05) is 5.32 Å². The summed E-state index contributed by atoms with van der Waals surface area (Å²) in [5, 5.41) is 6.53. The Morgan fingerprint density at radius 2 is 2.00 bits per heavy atom. The van der Waals surface area contributed by atoms with Crippen LogP contribution in [0, 0.1) is 5.92 Å². The Kier molecular flexibility index (Phi) is 5.18. The topological polar surface area (TPSA) is 41.1 Å². The number of fused-ring (bicyclic) bond motifs is 1. The first-order valence-electron chi connectivity index (χ1n) is 7.71. The average Bonchev–Trinajstić information content (AvgIpc) is 2.56. The molecule has 1 aliphatic rings. The first kappa shape index (κ1) is 15.0. The van der Waals surface area contributed by atoms with Crippen LogP contribution >= 0.6 is 0 Å². The molecule has 1 amide bonds. The largest absolute Gasteiger partial charge is 0.324 e. The van der Waals surface area contributed by atoms with E-state index in [2.05, 4.69) is 37.5 Å². The maximum atomic E-state index is 12.3. The van der Waals surface area contributed by atoms with Crippen molar-refractivity contribution in [3.63, 3.8) is 0 Å². The highest BCUT2D eigenvalue weighted by molar-refractivity contribution is 5.96. The van der Waals surface area contributed by atoms with E-state index in [-0.39, 0.29) is 11.9 Å². The summed E-state index contributed by atoms with van der Waals surface area (Å²) in [7, 11) is 0. The van der Waals surface area contributed by atoms with E-state index in [1.165, 1.54) is 12.0 Å². The van der Waals surface area contributed by atoms with Crippen LogP contribution in [-0.4, -0.2) is 18.0 Å². The second-order valence-corrected chi connectivity index (χ2v) is 6.28. The maximum absolute atomic E-state index is 12.3. The third-order valence-electron chi connectivity index (χ3n) is 3.96. The van der Waals surface area contributed by atoms with Crippen LogP contribution in [0.1, 0.15) is 45.6 Å². The number of hydrogen-bond donors (Lipinski definition) is 2. The molecule has 0 spiro atoms. The van der Waals surface area contributed by atoms with Gasteiger partial charge in [-0.25, -0.2) is 0 Å². The van der Waals surface area contributed by atoms with Crippen molar-refractivity contribution < 1.29 is 4.79 Å². The number of anilines is 1. The van der Waals surface area contributed by atoms with Crippen LogP contribution in [-0.2, 0) is 11.2 Å². The Labute approximate surface area is 122 Å². The van der Waals surface area contributed by atoms with E-state index in [0.29, 0.717) is 12.0 Å². The predicted octanol–water partition coefficient (Wildman–Crippen LogP) is 3.35. The van der Waals surface area contributed by atoms with Crippen LogP contribution in [0.2, 0.25) is 0 Å². The molecule has 2 rings (SSSR count). The number of carbonyl (C=O) groups excluding carboxylic acids is 1. The van der Waals surface area contributed by atoms with Gasteiger partial charge >= 0.3 is 0 Å². The lowest BCUT2D eigenvalue weighted by molar-refractivity contribution is -0.118. The molecule has 110 valence electrons. The predicted molar refractivity (Wildman–Crippen MR) is 83.9 cm³/mol. The second kappa shape index (κ2) is 6.89. The average molecular weight is 274 g/mol. The van der Waals surface area contributed by atoms with Crippen molar-refractivity contribution >= 4 is 11.6 Å². The number of amides is 1. The molecular weight excluding hydrogens is 248 g/mol. The molecule has 0 aliphatic carbocycles. The van der Waals surface area contributed by atoms with Crippen LogP contribution < -0.4 is 10.6 Å². The zero-order chi connectivity index (χ0) is 14.5. The van der Waals surface area contributed by atoms with Crippen molar-refractivity contribution in [1.82, 2.24) is 5.32 Å². The Bertz CT molecular complexity index is 456. The number of aryl methyl sites for hydroxylation is 1. The third kappa shape index (κ3) is 4.07. The Morgan fingerprint density at radius 3 is 2.75 bits per heavy atom. The molecule has 2 atom stereocenters. The molecule has 1 aromatic carbocycles. The van der Waals surface area contributed by atoms with Gasteiger partial charge in [0.2, 0.25) is 5.91 Å². The normalized spacial score (nSPS) is 20.2. The summed E-state index contributed by atoms with van der Waals surface area (Å²) in [6.07, 6.45) is 4.13. The van der Waals surface area contributed by atoms with Gasteiger partial charge in [0.25, 0.3) is 0 Å². The molecule has 0 radical (unpaired) electrons. The van der Waals surface area contributed by atoms with E-state index >= 15 is 0 Å². The summed E-state index contributed by atoms with van der Waals surface area (Å²) < 4.78 is 0. The zero-order valence-corrected chi connectivity index (χ0v) is 12.8. The van der Waals surface area contributed by atoms with Crippen molar-refractivity contribution in [3.05, 3.63) is 29.8 Å². The molecule has 3 heteroatoms. The van der Waals surface area contributed by atoms with Crippen LogP contribution in [0.4, 0.5) is 5.69 Å². The molecule has 1 aromatic rings. The van der Waals surface area contributed by atoms with E-state index in [1.54, 1.807) is 0 Å². The molecule has 2 unspecified atom stereocenters. The zero-order valence-electron chi connectivity index (χ0n) is 12.8. The minimum atomic E-state index is -0.0791. The second-order valence-electron chi connectivity index (χ2n) is 6.28. The lowest BCUT2D eigenvalue weighted by atomic mass is 10.0. The summed E-state index contributed by atoms with van der Waals surface area (Å²) in [4.78, 5) is 12.3. The lowest BCUT2D eigenvalue weighted by Crippen LogP contribution is -2.44. The fourth-order valence-corrected chi connectivity index (χ4v) is 2.68. The van der Waals surface area contributed by atoms with E-state index < -0.39 is 0 Å². The Morgan fingerprint density at radius 1 is 1.25 bits per heavy atom. The van der Waals surface area contributed by atoms with Crippen molar-refractivity contribution in [3.8, 4) is 0 Å². The summed E-state index contributed by atoms with van der Waals surface area (Å²) in [6.45, 7) is 6.65. The van der Waals surface area contributed by atoms with Crippen LogP contribution in [0.25, 0.3) is 0 Å². The van der Waals surface area contributed by atoms with Gasteiger partial charge in [-0.1, -0.05) is 32.0 Å². The molecule has 20 heavy (non-hydrogen) atoms. The van der Waals surface area contributed by atoms with Crippen LogP contribution in [0.15, 0.2) is 24.3 Å². The standard InChI is InChI=1S/C17H26N2O/c1-12(2)8-9-13(3)18-16-11-10-14-6-4-5-7-15(14)19-17(16)20/h4-7,12-13,16,18H,8-11H2,1-3H3,(H,19,20). The molecule has 3 nitrogen and oxygen atoms in total. The first-order valence-corrected chi connectivity index (χ1v) is 7.71. The molecule has 1 heterocycles. The van der Waals surface area contributed by atoms with Gasteiger partial charge in [-0.05, 0) is 50.2 Å². The number of rotatable bonds is 5. The van der Waals surface area contributed by atoms with E-state index in [9.17, 15) is 4.79 Å². The smallest absolute Gasteiger partial charge is 0.241 e. The van der Waals surface area contributed by atoms with Gasteiger partial charge in [0.05, 0.1) is 6.04 Å². The fraction of sp³-hybridized carbons (Fsp3) is 0.588. The lowest BCUT2D eigenvalue weighted by Gasteiger charge is -2.21. The van der Waals surface area contributed by atoms with Gasteiger partial charge in [0.1, 0.15) is 0 Å². The highest BCUT2D eigenvalue weighted by Gasteiger charge is 2.24. The summed E-state index contributed by atoms with van der Waals surface area (Å²) >= 11 is 0. The van der Waals surface area contributed by atoms with Crippen LogP contribution in [0.3, 0.4) is 0 Å². The first-order chi connectivity index (χ1) is 9.56. The molecular formula is C17H26N2O. The summed E-state index contributed by atoms with van der Waals surface area (Å²) in [6, 6.07) is 8.39. The van der Waals surface area contributed by atoms with Gasteiger partial charge < -0.3 is 10.6 Å². The van der Waals surface area contributed by atoms with E-state index in [0.717, 1.165) is 24.9 Å². The molecule has 0 aromatic heterocycles. The summed E-state index contributed by atoms with van der Waals surface area (Å²) in [5.41, 5.74) is 2.21. The number of nitrogens with one attached hydrogen (secondary N) is 2. The van der Waals surface area contributed by atoms with E-state index in [1.807, 2.05) is 18.2 Å². The highest BCUT2D eigenvalue weighted by atomic mass is 16.2. The number of carbonyl (C=O) groups is 1. The van der Waals surface area contributed by atoms with Gasteiger partial charge in [-0.2, -0.15) is 0 Å².